The lowest BCUT2D eigenvalue weighted by Gasteiger charge is -2.68. The van der Waals surface area contributed by atoms with Gasteiger partial charge in [0.15, 0.2) is 5.58 Å². The van der Waals surface area contributed by atoms with E-state index >= 15 is 0 Å². The highest BCUT2D eigenvalue weighted by molar-refractivity contribution is 6.35. The third-order valence-electron chi connectivity index (χ3n) is 5.39. The zero-order valence-electron chi connectivity index (χ0n) is 13.5. The molecule has 1 heterocycles. The molecule has 0 radical (unpaired) electrons. The normalized spacial score (nSPS) is 26.3. The molecule has 3 aliphatic carbocycles. The first kappa shape index (κ1) is 16.4. The Kier molecular flexibility index (Phi) is 3.40. The zero-order chi connectivity index (χ0) is 18.1. The van der Waals surface area contributed by atoms with Gasteiger partial charge in [-0.3, -0.25) is 4.79 Å². The van der Waals surface area contributed by atoms with Gasteiger partial charge in [0, 0.05) is 15.6 Å². The minimum Gasteiger partial charge on any atom is -0.440 e. The fraction of sp³-hybridized carbons (Fsp3) is 0.263. The summed E-state index contributed by atoms with van der Waals surface area (Å²) in [5.74, 6) is 0.529. The summed E-state index contributed by atoms with van der Waals surface area (Å²) in [7, 11) is 0. The molecule has 2 bridgehead atoms. The molecule has 1 amide bonds. The standard InChI is InChI=1S/C19H13Cl3N2O2/c20-10-1-3-13(22)12(5-10)16(25)24-19-7-18(8-19,9-19)17-23-14-6-11(21)2-4-15(14)26-17/h1-6H,7-9H2,(H,24,25). The third kappa shape index (κ3) is 2.36. The van der Waals surface area contributed by atoms with Gasteiger partial charge in [0.25, 0.3) is 5.91 Å². The number of hydrogen-bond acceptors (Lipinski definition) is 3. The molecule has 0 saturated heterocycles. The number of hydrogen-bond donors (Lipinski definition) is 1. The number of nitrogens with zero attached hydrogens (tertiary/aromatic N) is 1. The molecule has 2 aromatic carbocycles. The van der Waals surface area contributed by atoms with Crippen LogP contribution in [0.25, 0.3) is 11.1 Å². The summed E-state index contributed by atoms with van der Waals surface area (Å²) in [5, 5.41) is 4.62. The fourth-order valence-corrected chi connectivity index (χ4v) is 4.80. The number of fused-ring (bicyclic) bond motifs is 1. The lowest BCUT2D eigenvalue weighted by Crippen LogP contribution is -2.76. The summed E-state index contributed by atoms with van der Waals surface area (Å²) in [4.78, 5) is 17.2. The monoisotopic (exact) mass is 406 g/mol. The van der Waals surface area contributed by atoms with Crippen LogP contribution in [0.15, 0.2) is 40.8 Å². The molecule has 26 heavy (non-hydrogen) atoms. The van der Waals surface area contributed by atoms with Gasteiger partial charge in [-0.2, -0.15) is 0 Å². The lowest BCUT2D eigenvalue weighted by molar-refractivity contribution is -0.0955. The van der Waals surface area contributed by atoms with Crippen LogP contribution in [0.1, 0.15) is 35.5 Å². The van der Waals surface area contributed by atoms with Crippen LogP contribution in [0.3, 0.4) is 0 Å². The minimum atomic E-state index is -0.207. The summed E-state index contributed by atoms with van der Waals surface area (Å²) in [5.41, 5.74) is 1.60. The Bertz CT molecular complexity index is 1060. The second-order valence-corrected chi connectivity index (χ2v) is 8.58. The van der Waals surface area contributed by atoms with Gasteiger partial charge in [-0.05, 0) is 55.7 Å². The van der Waals surface area contributed by atoms with Gasteiger partial charge in [0.05, 0.1) is 16.0 Å². The van der Waals surface area contributed by atoms with Gasteiger partial charge in [0.1, 0.15) is 5.52 Å². The van der Waals surface area contributed by atoms with Gasteiger partial charge in [-0.25, -0.2) is 4.98 Å². The average Bonchev–Trinajstić information content (AvgIpc) is 2.94. The maximum absolute atomic E-state index is 12.6. The summed E-state index contributed by atoms with van der Waals surface area (Å²) in [6.07, 6.45) is 2.43. The van der Waals surface area contributed by atoms with E-state index in [1.165, 1.54) is 0 Å². The fourth-order valence-electron chi connectivity index (χ4n) is 4.25. The van der Waals surface area contributed by atoms with Crippen molar-refractivity contribution in [1.29, 1.82) is 0 Å². The van der Waals surface area contributed by atoms with E-state index < -0.39 is 0 Å². The van der Waals surface area contributed by atoms with E-state index in [1.807, 2.05) is 6.07 Å². The molecule has 4 nitrogen and oxygen atoms in total. The van der Waals surface area contributed by atoms with Gasteiger partial charge < -0.3 is 9.73 Å². The Balaban J connectivity index is 1.33. The highest BCUT2D eigenvalue weighted by Gasteiger charge is 2.71. The SMILES string of the molecule is O=C(NC12CC(c3nc4cc(Cl)ccc4o3)(C1)C2)c1cc(Cl)ccc1Cl. The van der Waals surface area contributed by atoms with Crippen LogP contribution in [-0.4, -0.2) is 16.4 Å². The predicted octanol–water partition coefficient (Wildman–Crippen LogP) is 5.39. The van der Waals surface area contributed by atoms with E-state index in [4.69, 9.17) is 39.2 Å². The Morgan fingerprint density at radius 2 is 1.73 bits per heavy atom. The van der Waals surface area contributed by atoms with Crippen molar-refractivity contribution in [1.82, 2.24) is 10.3 Å². The van der Waals surface area contributed by atoms with Crippen molar-refractivity contribution in [3.8, 4) is 0 Å². The van der Waals surface area contributed by atoms with Gasteiger partial charge in [0.2, 0.25) is 5.89 Å². The number of nitrogens with one attached hydrogen (secondary N) is 1. The molecule has 3 saturated carbocycles. The number of aromatic nitrogens is 1. The predicted molar refractivity (Wildman–Crippen MR) is 101 cm³/mol. The van der Waals surface area contributed by atoms with E-state index in [9.17, 15) is 4.79 Å². The highest BCUT2D eigenvalue weighted by Crippen LogP contribution is 2.67. The van der Waals surface area contributed by atoms with Crippen LogP contribution < -0.4 is 5.32 Å². The van der Waals surface area contributed by atoms with Gasteiger partial charge in [-0.1, -0.05) is 34.8 Å². The van der Waals surface area contributed by atoms with Crippen molar-refractivity contribution in [2.75, 3.05) is 0 Å². The first-order valence-electron chi connectivity index (χ1n) is 8.22. The Morgan fingerprint density at radius 1 is 1.04 bits per heavy atom. The molecule has 132 valence electrons. The number of amides is 1. The Labute approximate surface area is 164 Å². The molecule has 1 aromatic heterocycles. The van der Waals surface area contributed by atoms with Crippen LogP contribution in [0.2, 0.25) is 15.1 Å². The van der Waals surface area contributed by atoms with Crippen LogP contribution in [0, 0.1) is 0 Å². The van der Waals surface area contributed by atoms with E-state index in [2.05, 4.69) is 10.3 Å². The highest BCUT2D eigenvalue weighted by atomic mass is 35.5. The summed E-state index contributed by atoms with van der Waals surface area (Å²) in [6.45, 7) is 0. The van der Waals surface area contributed by atoms with Crippen molar-refractivity contribution in [2.45, 2.75) is 30.2 Å². The van der Waals surface area contributed by atoms with Crippen molar-refractivity contribution in [3.63, 3.8) is 0 Å². The maximum atomic E-state index is 12.6. The Hall–Kier alpha value is -1.75. The number of halogens is 3. The average molecular weight is 408 g/mol. The minimum absolute atomic E-state index is 0.0864. The quantitative estimate of drug-likeness (QED) is 0.633. The number of carbonyl (C=O) groups is 1. The van der Waals surface area contributed by atoms with Gasteiger partial charge in [-0.15, -0.1) is 0 Å². The first-order valence-corrected chi connectivity index (χ1v) is 9.36. The smallest absolute Gasteiger partial charge is 0.253 e. The van der Waals surface area contributed by atoms with Crippen LogP contribution in [0.5, 0.6) is 0 Å². The topological polar surface area (TPSA) is 55.1 Å². The summed E-state index contributed by atoms with van der Waals surface area (Å²) < 4.78 is 5.92. The largest absolute Gasteiger partial charge is 0.440 e. The van der Waals surface area contributed by atoms with Crippen LogP contribution >= 0.6 is 34.8 Å². The van der Waals surface area contributed by atoms with E-state index in [0.29, 0.717) is 20.6 Å². The van der Waals surface area contributed by atoms with Crippen molar-refractivity contribution < 1.29 is 9.21 Å². The molecule has 7 heteroatoms. The second-order valence-electron chi connectivity index (χ2n) is 7.30. The first-order chi connectivity index (χ1) is 12.4. The van der Waals surface area contributed by atoms with Crippen LogP contribution in [0.4, 0.5) is 0 Å². The summed E-state index contributed by atoms with van der Waals surface area (Å²) >= 11 is 18.1. The second kappa shape index (κ2) is 5.38. The van der Waals surface area contributed by atoms with Gasteiger partial charge >= 0.3 is 0 Å². The van der Waals surface area contributed by atoms with E-state index in [-0.39, 0.29) is 16.9 Å². The molecular weight excluding hydrogens is 395 g/mol. The van der Waals surface area contributed by atoms with Crippen molar-refractivity contribution in [2.24, 2.45) is 0 Å². The molecule has 0 aliphatic heterocycles. The molecule has 3 fully saturated rings. The number of carbonyl (C=O) groups excluding carboxylic acids is 1. The van der Waals surface area contributed by atoms with E-state index in [0.717, 1.165) is 36.3 Å². The Morgan fingerprint density at radius 3 is 2.50 bits per heavy atom. The summed E-state index contributed by atoms with van der Waals surface area (Å²) in [6, 6.07) is 10.3. The molecule has 0 atom stereocenters. The zero-order valence-corrected chi connectivity index (χ0v) is 15.8. The molecule has 3 aromatic rings. The third-order valence-corrected chi connectivity index (χ3v) is 6.19. The number of benzene rings is 2. The lowest BCUT2D eigenvalue weighted by atomic mass is 9.39. The number of rotatable bonds is 3. The molecule has 1 N–H and O–H groups in total. The molecule has 0 unspecified atom stereocenters. The maximum Gasteiger partial charge on any atom is 0.253 e. The molecular formula is C19H13Cl3N2O2. The molecule has 6 rings (SSSR count). The van der Waals surface area contributed by atoms with E-state index in [1.54, 1.807) is 30.3 Å². The van der Waals surface area contributed by atoms with Crippen molar-refractivity contribution >= 4 is 51.8 Å². The molecule has 3 aliphatic rings. The van der Waals surface area contributed by atoms with Crippen LogP contribution in [-0.2, 0) is 5.41 Å². The molecule has 0 spiro atoms. The number of oxazole rings is 1. The van der Waals surface area contributed by atoms with Crippen molar-refractivity contribution in [3.05, 3.63) is 62.9 Å².